The van der Waals surface area contributed by atoms with Crippen molar-refractivity contribution in [3.05, 3.63) is 93.9 Å². The molecule has 0 saturated carbocycles. The molecule has 0 aromatic heterocycles. The summed E-state index contributed by atoms with van der Waals surface area (Å²) in [5, 5.41) is 2.49. The Balaban J connectivity index is 1.41. The van der Waals surface area contributed by atoms with E-state index in [-0.39, 0.29) is 30.2 Å². The molecule has 0 bridgehead atoms. The van der Waals surface area contributed by atoms with E-state index in [4.69, 9.17) is 9.47 Å². The largest absolute Gasteiger partial charge is 0.493 e. The SMILES string of the molecule is COc1cc(/C=C2\SC(=O)N(Cc3ccc(C)cc3)C2=O)ccc1OCC(=O)Nc1cccc(C)c1. The third kappa shape index (κ3) is 6.14. The molecule has 0 aliphatic carbocycles. The normalized spacial score (nSPS) is 14.3. The molecule has 3 amide bonds. The first-order valence-electron chi connectivity index (χ1n) is 11.3. The first kappa shape index (κ1) is 25.1. The van der Waals surface area contributed by atoms with Crippen LogP contribution in [-0.4, -0.2) is 35.7 Å². The highest BCUT2D eigenvalue weighted by Gasteiger charge is 2.35. The first-order chi connectivity index (χ1) is 17.3. The van der Waals surface area contributed by atoms with Gasteiger partial charge in [0.25, 0.3) is 17.1 Å². The number of rotatable bonds is 8. The van der Waals surface area contributed by atoms with Crippen LogP contribution < -0.4 is 14.8 Å². The van der Waals surface area contributed by atoms with E-state index in [2.05, 4.69) is 5.32 Å². The second-order valence-corrected chi connectivity index (χ2v) is 9.36. The molecular weight excluding hydrogens is 476 g/mol. The van der Waals surface area contributed by atoms with Gasteiger partial charge in [-0.25, -0.2) is 0 Å². The molecule has 1 aliphatic rings. The molecular formula is C28H26N2O5S. The summed E-state index contributed by atoms with van der Waals surface area (Å²) in [7, 11) is 1.49. The lowest BCUT2D eigenvalue weighted by molar-refractivity contribution is -0.123. The molecule has 0 unspecified atom stereocenters. The lowest BCUT2D eigenvalue weighted by Crippen LogP contribution is -2.27. The number of ether oxygens (including phenoxy) is 2. The number of imide groups is 1. The molecule has 1 heterocycles. The summed E-state index contributed by atoms with van der Waals surface area (Å²) in [5.74, 6) is 0.166. The topological polar surface area (TPSA) is 84.9 Å². The zero-order chi connectivity index (χ0) is 25.7. The molecule has 0 atom stereocenters. The lowest BCUT2D eigenvalue weighted by Gasteiger charge is -2.13. The first-order valence-corrected chi connectivity index (χ1v) is 12.1. The van der Waals surface area contributed by atoms with Crippen molar-refractivity contribution in [1.82, 2.24) is 4.90 Å². The van der Waals surface area contributed by atoms with E-state index < -0.39 is 0 Å². The fraction of sp³-hybridized carbons (Fsp3) is 0.179. The molecule has 1 aliphatic heterocycles. The van der Waals surface area contributed by atoms with Gasteiger partial charge in [-0.05, 0) is 72.6 Å². The number of nitrogens with zero attached hydrogens (tertiary/aromatic N) is 1. The average Bonchev–Trinajstić information content (AvgIpc) is 3.11. The van der Waals surface area contributed by atoms with Gasteiger partial charge in [0.1, 0.15) is 0 Å². The van der Waals surface area contributed by atoms with E-state index in [0.29, 0.717) is 27.7 Å². The van der Waals surface area contributed by atoms with Crippen molar-refractivity contribution in [2.45, 2.75) is 20.4 Å². The van der Waals surface area contributed by atoms with Crippen LogP contribution in [-0.2, 0) is 16.1 Å². The molecule has 4 rings (SSSR count). The smallest absolute Gasteiger partial charge is 0.293 e. The van der Waals surface area contributed by atoms with Gasteiger partial charge in [0.15, 0.2) is 18.1 Å². The summed E-state index contributed by atoms with van der Waals surface area (Å²) in [4.78, 5) is 39.2. The Morgan fingerprint density at radius 2 is 1.75 bits per heavy atom. The van der Waals surface area contributed by atoms with E-state index in [1.165, 1.54) is 12.0 Å². The standard InChI is InChI=1S/C28H26N2O5S/c1-18-7-9-20(10-8-18)16-30-27(32)25(36-28(30)33)15-21-11-12-23(24(14-21)34-3)35-17-26(31)29-22-6-4-5-19(2)13-22/h4-15H,16-17H2,1-3H3,(H,29,31)/b25-15-. The third-order valence-corrected chi connectivity index (χ3v) is 6.39. The van der Waals surface area contributed by atoms with Crippen molar-refractivity contribution in [2.24, 2.45) is 0 Å². The zero-order valence-corrected chi connectivity index (χ0v) is 21.1. The number of hydrogen-bond donors (Lipinski definition) is 1. The van der Waals surface area contributed by atoms with Crippen molar-refractivity contribution in [1.29, 1.82) is 0 Å². The molecule has 36 heavy (non-hydrogen) atoms. The summed E-state index contributed by atoms with van der Waals surface area (Å²) in [6.45, 7) is 3.96. The number of hydrogen-bond acceptors (Lipinski definition) is 6. The average molecular weight is 503 g/mol. The number of carbonyl (C=O) groups is 3. The minimum Gasteiger partial charge on any atom is -0.493 e. The quantitative estimate of drug-likeness (QED) is 0.406. The maximum absolute atomic E-state index is 12.9. The van der Waals surface area contributed by atoms with Gasteiger partial charge in [0.05, 0.1) is 18.6 Å². The number of anilines is 1. The molecule has 7 nitrogen and oxygen atoms in total. The highest BCUT2D eigenvalue weighted by molar-refractivity contribution is 8.18. The molecule has 1 fully saturated rings. The molecule has 1 saturated heterocycles. The molecule has 184 valence electrons. The number of amides is 3. The van der Waals surface area contributed by atoms with E-state index in [1.807, 2.05) is 62.4 Å². The van der Waals surface area contributed by atoms with Gasteiger partial charge in [0, 0.05) is 5.69 Å². The van der Waals surface area contributed by atoms with Gasteiger partial charge in [0.2, 0.25) is 0 Å². The molecule has 3 aromatic rings. The van der Waals surface area contributed by atoms with Crippen LogP contribution in [0.4, 0.5) is 10.5 Å². The fourth-order valence-electron chi connectivity index (χ4n) is 3.62. The van der Waals surface area contributed by atoms with Gasteiger partial charge < -0.3 is 14.8 Å². The minimum absolute atomic E-state index is 0.193. The zero-order valence-electron chi connectivity index (χ0n) is 20.2. The molecule has 8 heteroatoms. The third-order valence-electron chi connectivity index (χ3n) is 5.48. The summed E-state index contributed by atoms with van der Waals surface area (Å²) < 4.78 is 11.1. The van der Waals surface area contributed by atoms with Crippen LogP contribution in [0.25, 0.3) is 6.08 Å². The van der Waals surface area contributed by atoms with Gasteiger partial charge >= 0.3 is 0 Å². The van der Waals surface area contributed by atoms with Crippen LogP contribution in [0, 0.1) is 13.8 Å². The molecule has 3 aromatic carbocycles. The van der Waals surface area contributed by atoms with E-state index >= 15 is 0 Å². The van der Waals surface area contributed by atoms with Crippen molar-refractivity contribution >= 4 is 40.6 Å². The molecule has 1 N–H and O–H groups in total. The van der Waals surface area contributed by atoms with Crippen LogP contribution in [0.5, 0.6) is 11.5 Å². The number of carbonyl (C=O) groups excluding carboxylic acids is 3. The Morgan fingerprint density at radius 3 is 2.47 bits per heavy atom. The van der Waals surface area contributed by atoms with E-state index in [1.54, 1.807) is 24.3 Å². The van der Waals surface area contributed by atoms with Crippen molar-refractivity contribution < 1.29 is 23.9 Å². The van der Waals surface area contributed by atoms with Crippen LogP contribution in [0.1, 0.15) is 22.3 Å². The van der Waals surface area contributed by atoms with E-state index in [0.717, 1.165) is 28.5 Å². The van der Waals surface area contributed by atoms with Gasteiger partial charge in [-0.15, -0.1) is 0 Å². The van der Waals surface area contributed by atoms with Crippen LogP contribution in [0.15, 0.2) is 71.6 Å². The maximum Gasteiger partial charge on any atom is 0.293 e. The van der Waals surface area contributed by atoms with Crippen LogP contribution in [0.3, 0.4) is 0 Å². The molecule has 0 spiro atoms. The number of benzene rings is 3. The Kier molecular flexibility index (Phi) is 7.75. The van der Waals surface area contributed by atoms with Gasteiger partial charge in [-0.1, -0.05) is 48.0 Å². The number of methoxy groups -OCH3 is 1. The second-order valence-electron chi connectivity index (χ2n) is 8.37. The second kappa shape index (κ2) is 11.1. The Bertz CT molecular complexity index is 1330. The van der Waals surface area contributed by atoms with Crippen molar-refractivity contribution in [2.75, 3.05) is 19.0 Å². The Labute approximate surface area is 214 Å². The van der Waals surface area contributed by atoms with Gasteiger partial charge in [-0.2, -0.15) is 0 Å². The fourth-order valence-corrected chi connectivity index (χ4v) is 4.46. The number of nitrogens with one attached hydrogen (secondary N) is 1. The predicted molar refractivity (Wildman–Crippen MR) is 141 cm³/mol. The van der Waals surface area contributed by atoms with Crippen LogP contribution in [0.2, 0.25) is 0 Å². The highest BCUT2D eigenvalue weighted by atomic mass is 32.2. The molecule has 0 radical (unpaired) electrons. The Hall–Kier alpha value is -4.04. The summed E-state index contributed by atoms with van der Waals surface area (Å²) in [5.41, 5.74) is 4.41. The number of aryl methyl sites for hydroxylation is 2. The summed E-state index contributed by atoms with van der Waals surface area (Å²) in [6, 6.07) is 20.3. The minimum atomic E-state index is -0.335. The summed E-state index contributed by atoms with van der Waals surface area (Å²) in [6.07, 6.45) is 1.65. The van der Waals surface area contributed by atoms with E-state index in [9.17, 15) is 14.4 Å². The van der Waals surface area contributed by atoms with Crippen molar-refractivity contribution in [3.8, 4) is 11.5 Å². The van der Waals surface area contributed by atoms with Crippen LogP contribution >= 0.6 is 11.8 Å². The number of thioether (sulfide) groups is 1. The Morgan fingerprint density at radius 1 is 0.972 bits per heavy atom. The predicted octanol–water partition coefficient (Wildman–Crippen LogP) is 5.57. The van der Waals surface area contributed by atoms with Gasteiger partial charge in [-0.3, -0.25) is 19.3 Å². The maximum atomic E-state index is 12.9. The highest BCUT2D eigenvalue weighted by Crippen LogP contribution is 2.35. The lowest BCUT2D eigenvalue weighted by atomic mass is 10.1. The monoisotopic (exact) mass is 502 g/mol. The van der Waals surface area contributed by atoms with Crippen molar-refractivity contribution in [3.63, 3.8) is 0 Å². The summed E-state index contributed by atoms with van der Waals surface area (Å²) >= 11 is 0.906.